The van der Waals surface area contributed by atoms with Crippen molar-refractivity contribution in [2.75, 3.05) is 5.88 Å². The van der Waals surface area contributed by atoms with Crippen molar-refractivity contribution < 1.29 is 17.7 Å². The van der Waals surface area contributed by atoms with E-state index in [1.807, 2.05) is 0 Å². The molecule has 0 saturated carbocycles. The lowest BCUT2D eigenvalue weighted by atomic mass is 10.3. The molecule has 0 saturated heterocycles. The molecule has 0 aliphatic carbocycles. The largest absolute Gasteiger partial charge is 0.455 e. The summed E-state index contributed by atoms with van der Waals surface area (Å²) in [5.41, 5.74) is 5.75. The van der Waals surface area contributed by atoms with Gasteiger partial charge in [0.1, 0.15) is 22.2 Å². The van der Waals surface area contributed by atoms with E-state index in [-0.39, 0.29) is 28.2 Å². The van der Waals surface area contributed by atoms with Crippen molar-refractivity contribution in [1.29, 1.82) is 0 Å². The molecule has 0 heterocycles. The third-order valence-corrected chi connectivity index (χ3v) is 4.58. The highest BCUT2D eigenvalue weighted by molar-refractivity contribution is 7.86. The van der Waals surface area contributed by atoms with Crippen molar-refractivity contribution in [2.24, 2.45) is 10.7 Å². The Labute approximate surface area is 153 Å². The number of benzene rings is 2. The number of nitrogens with zero attached hydrogens (tertiary/aromatic N) is 1. The molecule has 6 nitrogen and oxygen atoms in total. The number of hydrogen-bond acceptors (Lipinski definition) is 4. The lowest BCUT2D eigenvalue weighted by Crippen LogP contribution is -2.12. The number of nitrogens with two attached hydrogens (primary N) is 1. The Balaban J connectivity index is 2.58. The van der Waals surface area contributed by atoms with Crippen LogP contribution in [-0.2, 0) is 10.1 Å². The van der Waals surface area contributed by atoms with Gasteiger partial charge in [0.15, 0.2) is 5.75 Å². The number of ether oxygens (including phenoxy) is 1. The highest BCUT2D eigenvalue weighted by atomic mass is 35.5. The molecule has 0 spiro atoms. The van der Waals surface area contributed by atoms with Gasteiger partial charge in [-0.3, -0.25) is 4.55 Å². The topological polar surface area (TPSA) is 102 Å². The number of aliphatic imine (C=N–C) groups is 1. The van der Waals surface area contributed by atoms with Crippen molar-refractivity contribution in [2.45, 2.75) is 4.90 Å². The zero-order valence-corrected chi connectivity index (χ0v) is 15.0. The van der Waals surface area contributed by atoms with Gasteiger partial charge < -0.3 is 10.5 Å². The summed E-state index contributed by atoms with van der Waals surface area (Å²) < 4.78 is 37.7. The number of rotatable bonds is 5. The quantitative estimate of drug-likeness (QED) is 0.332. The van der Waals surface area contributed by atoms with E-state index in [1.165, 1.54) is 6.07 Å². The summed E-state index contributed by atoms with van der Waals surface area (Å²) >= 11 is 17.3. The molecule has 0 amide bonds. The summed E-state index contributed by atoms with van der Waals surface area (Å²) in [5, 5.41) is 0.267. The Morgan fingerprint density at radius 3 is 2.38 bits per heavy atom. The fourth-order valence-corrected chi connectivity index (χ4v) is 2.90. The van der Waals surface area contributed by atoms with E-state index in [9.17, 15) is 13.0 Å². The van der Waals surface area contributed by atoms with E-state index in [0.29, 0.717) is 10.8 Å². The van der Waals surface area contributed by atoms with Gasteiger partial charge in [0.2, 0.25) is 0 Å². The molecule has 0 atom stereocenters. The zero-order valence-electron chi connectivity index (χ0n) is 11.9. The third kappa shape index (κ3) is 4.75. The van der Waals surface area contributed by atoms with Gasteiger partial charge in [-0.2, -0.15) is 8.42 Å². The highest BCUT2D eigenvalue weighted by Crippen LogP contribution is 2.38. The SMILES string of the molecule is NC(CCl)=Nc1cc(Cl)c(S(=O)(=O)O)cc1Oc1ccc(Cl)cc1. The number of alkyl halides is 1. The van der Waals surface area contributed by atoms with Crippen LogP contribution in [0.1, 0.15) is 0 Å². The lowest BCUT2D eigenvalue weighted by Gasteiger charge is -2.11. The first-order chi connectivity index (χ1) is 11.2. The summed E-state index contributed by atoms with van der Waals surface area (Å²) in [6, 6.07) is 8.58. The molecule has 0 fully saturated rings. The summed E-state index contributed by atoms with van der Waals surface area (Å²) in [4.78, 5) is 3.51. The summed E-state index contributed by atoms with van der Waals surface area (Å²) in [6.07, 6.45) is 0. The molecular formula is C14H11Cl3N2O4S. The fraction of sp³-hybridized carbons (Fsp3) is 0.0714. The van der Waals surface area contributed by atoms with Crippen LogP contribution in [0.5, 0.6) is 11.5 Å². The van der Waals surface area contributed by atoms with Crippen LogP contribution >= 0.6 is 34.8 Å². The molecular weight excluding hydrogens is 399 g/mol. The molecule has 128 valence electrons. The molecule has 0 aliphatic rings. The minimum atomic E-state index is -4.54. The molecule has 3 N–H and O–H groups in total. The predicted molar refractivity (Wildman–Crippen MR) is 94.8 cm³/mol. The van der Waals surface area contributed by atoms with Crippen LogP contribution in [0.2, 0.25) is 10.0 Å². The molecule has 0 aliphatic heterocycles. The van der Waals surface area contributed by atoms with Gasteiger partial charge in [0.05, 0.1) is 10.9 Å². The Hall–Kier alpha value is -1.51. The van der Waals surface area contributed by atoms with Crippen molar-refractivity contribution in [3.05, 3.63) is 46.4 Å². The molecule has 0 unspecified atom stereocenters. The molecule has 2 aromatic rings. The van der Waals surface area contributed by atoms with E-state index < -0.39 is 15.0 Å². The minimum Gasteiger partial charge on any atom is -0.455 e. The van der Waals surface area contributed by atoms with Crippen molar-refractivity contribution in [1.82, 2.24) is 0 Å². The van der Waals surface area contributed by atoms with Gasteiger partial charge in [-0.1, -0.05) is 23.2 Å². The average molecular weight is 410 g/mol. The van der Waals surface area contributed by atoms with Crippen molar-refractivity contribution in [3.8, 4) is 11.5 Å². The third-order valence-electron chi connectivity index (χ3n) is 2.73. The molecule has 0 radical (unpaired) electrons. The van der Waals surface area contributed by atoms with Crippen LogP contribution in [0, 0.1) is 0 Å². The monoisotopic (exact) mass is 408 g/mol. The Bertz CT molecular complexity index is 884. The average Bonchev–Trinajstić information content (AvgIpc) is 2.50. The molecule has 0 aromatic heterocycles. The van der Waals surface area contributed by atoms with Crippen LogP contribution < -0.4 is 10.5 Å². The van der Waals surface area contributed by atoms with Gasteiger partial charge in [-0.25, -0.2) is 4.99 Å². The minimum absolute atomic E-state index is 0.0161. The number of amidine groups is 1. The van der Waals surface area contributed by atoms with Crippen LogP contribution in [0.25, 0.3) is 0 Å². The van der Waals surface area contributed by atoms with Gasteiger partial charge in [0, 0.05) is 11.1 Å². The Morgan fingerprint density at radius 1 is 1.21 bits per heavy atom. The summed E-state index contributed by atoms with van der Waals surface area (Å²) in [7, 11) is -4.54. The van der Waals surface area contributed by atoms with Crippen LogP contribution in [0.3, 0.4) is 0 Å². The second-order valence-corrected chi connectivity index (χ2v) is 7.02. The highest BCUT2D eigenvalue weighted by Gasteiger charge is 2.19. The molecule has 2 rings (SSSR count). The van der Waals surface area contributed by atoms with Crippen molar-refractivity contribution >= 4 is 56.4 Å². The van der Waals surface area contributed by atoms with E-state index in [0.717, 1.165) is 6.07 Å². The maximum absolute atomic E-state index is 11.4. The van der Waals surface area contributed by atoms with Crippen molar-refractivity contribution in [3.63, 3.8) is 0 Å². The van der Waals surface area contributed by atoms with E-state index in [4.69, 9.17) is 45.3 Å². The second kappa shape index (κ2) is 7.58. The van der Waals surface area contributed by atoms with Gasteiger partial charge in [-0.05, 0) is 30.3 Å². The first kappa shape index (κ1) is 18.8. The zero-order chi connectivity index (χ0) is 17.9. The normalized spacial score (nSPS) is 12.2. The first-order valence-corrected chi connectivity index (χ1v) is 9.07. The van der Waals surface area contributed by atoms with Gasteiger partial charge >= 0.3 is 0 Å². The maximum atomic E-state index is 11.4. The van der Waals surface area contributed by atoms with E-state index in [2.05, 4.69) is 4.99 Å². The predicted octanol–water partition coefficient (Wildman–Crippen LogP) is 4.26. The van der Waals surface area contributed by atoms with Crippen LogP contribution in [0.4, 0.5) is 5.69 Å². The molecule has 10 heteroatoms. The van der Waals surface area contributed by atoms with Crippen LogP contribution in [0.15, 0.2) is 46.3 Å². The molecule has 24 heavy (non-hydrogen) atoms. The summed E-state index contributed by atoms with van der Waals surface area (Å²) in [6.45, 7) is 0. The first-order valence-electron chi connectivity index (χ1n) is 6.34. The standard InChI is InChI=1S/C14H11Cl3N2O4S/c15-7-14(18)19-11-5-10(17)13(24(20,21)22)6-12(11)23-9-3-1-8(16)2-4-9/h1-6H,7H2,(H2,18,19)(H,20,21,22). The molecule has 2 aromatic carbocycles. The van der Waals surface area contributed by atoms with E-state index in [1.54, 1.807) is 24.3 Å². The Kier molecular flexibility index (Phi) is 5.95. The Morgan fingerprint density at radius 2 is 1.83 bits per heavy atom. The second-order valence-electron chi connectivity index (χ2n) is 4.52. The lowest BCUT2D eigenvalue weighted by molar-refractivity contribution is 0.472. The molecule has 0 bridgehead atoms. The van der Waals surface area contributed by atoms with Gasteiger partial charge in [-0.15, -0.1) is 11.6 Å². The summed E-state index contributed by atoms with van der Waals surface area (Å²) in [5.74, 6) is 0.414. The maximum Gasteiger partial charge on any atom is 0.296 e. The number of halogens is 3. The van der Waals surface area contributed by atoms with E-state index >= 15 is 0 Å². The smallest absolute Gasteiger partial charge is 0.296 e. The fourth-order valence-electron chi connectivity index (χ4n) is 1.71. The number of hydrogen-bond donors (Lipinski definition) is 2. The van der Waals surface area contributed by atoms with Crippen LogP contribution in [-0.4, -0.2) is 24.7 Å². The van der Waals surface area contributed by atoms with Gasteiger partial charge in [0.25, 0.3) is 10.1 Å².